The predicted octanol–water partition coefficient (Wildman–Crippen LogP) is 6.38. The van der Waals surface area contributed by atoms with Crippen LogP contribution in [0.15, 0.2) is 88.6 Å². The molecule has 0 amide bonds. The van der Waals surface area contributed by atoms with E-state index in [-0.39, 0.29) is 16.9 Å². The van der Waals surface area contributed by atoms with E-state index in [1.54, 1.807) is 24.3 Å². The Balaban J connectivity index is 1.49. The standard InChI is InChI=1S/C23H15F2N3OS/c24-16-9-5-14(6-10-16)21(15-7-11-17(25)12-8-15)30-23-28-27-22(29-23)19-13-26-20-4-2-1-3-18(19)20/h1-13,21,26H. The summed E-state index contributed by atoms with van der Waals surface area (Å²) in [5.41, 5.74) is 3.50. The topological polar surface area (TPSA) is 54.7 Å². The Hall–Kier alpha value is -3.45. The number of halogens is 2. The van der Waals surface area contributed by atoms with Crippen LogP contribution in [0.5, 0.6) is 0 Å². The Morgan fingerprint density at radius 3 is 2.10 bits per heavy atom. The lowest BCUT2D eigenvalue weighted by Crippen LogP contribution is -1.97. The largest absolute Gasteiger partial charge is 0.411 e. The summed E-state index contributed by atoms with van der Waals surface area (Å²) < 4.78 is 32.8. The van der Waals surface area contributed by atoms with E-state index < -0.39 is 0 Å². The summed E-state index contributed by atoms with van der Waals surface area (Å²) in [6.07, 6.45) is 1.84. The number of fused-ring (bicyclic) bond motifs is 1. The normalized spacial score (nSPS) is 11.4. The first-order valence-corrected chi connectivity index (χ1v) is 10.1. The average Bonchev–Trinajstić information content (AvgIpc) is 3.40. The molecule has 4 nitrogen and oxygen atoms in total. The molecule has 0 bridgehead atoms. The molecular formula is C23H15F2N3OS. The van der Waals surface area contributed by atoms with Crippen molar-refractivity contribution >= 4 is 22.7 Å². The number of nitrogens with zero attached hydrogens (tertiary/aromatic N) is 2. The quantitative estimate of drug-likeness (QED) is 0.336. The first kappa shape index (κ1) is 18.6. The van der Waals surface area contributed by atoms with Crippen molar-refractivity contribution < 1.29 is 13.2 Å². The van der Waals surface area contributed by atoms with Gasteiger partial charge in [0.25, 0.3) is 11.1 Å². The van der Waals surface area contributed by atoms with E-state index in [1.165, 1.54) is 36.0 Å². The van der Waals surface area contributed by atoms with E-state index in [0.717, 1.165) is 27.6 Å². The Kier molecular flexibility index (Phi) is 4.80. The molecule has 0 unspecified atom stereocenters. The maximum absolute atomic E-state index is 13.4. The Morgan fingerprint density at radius 1 is 0.800 bits per heavy atom. The second kappa shape index (κ2) is 7.76. The van der Waals surface area contributed by atoms with Gasteiger partial charge >= 0.3 is 0 Å². The van der Waals surface area contributed by atoms with Crippen molar-refractivity contribution in [3.05, 3.63) is 102 Å². The lowest BCUT2D eigenvalue weighted by molar-refractivity contribution is 0.465. The van der Waals surface area contributed by atoms with Gasteiger partial charge in [0, 0.05) is 17.1 Å². The molecule has 5 aromatic rings. The first-order chi connectivity index (χ1) is 14.7. The Bertz CT molecular complexity index is 1250. The number of H-pyrrole nitrogens is 1. The number of aromatic nitrogens is 3. The smallest absolute Gasteiger partial charge is 0.277 e. The summed E-state index contributed by atoms with van der Waals surface area (Å²) >= 11 is 1.33. The third-order valence-electron chi connectivity index (χ3n) is 4.79. The number of nitrogens with one attached hydrogen (secondary N) is 1. The van der Waals surface area contributed by atoms with Gasteiger partial charge in [-0.2, -0.15) is 0 Å². The molecule has 5 rings (SSSR count). The van der Waals surface area contributed by atoms with E-state index in [1.807, 2.05) is 30.5 Å². The van der Waals surface area contributed by atoms with Crippen molar-refractivity contribution in [3.63, 3.8) is 0 Å². The molecule has 0 aliphatic heterocycles. The van der Waals surface area contributed by atoms with Crippen LogP contribution in [0.4, 0.5) is 8.78 Å². The monoisotopic (exact) mass is 419 g/mol. The van der Waals surface area contributed by atoms with Crippen LogP contribution in [-0.4, -0.2) is 15.2 Å². The summed E-state index contributed by atoms with van der Waals surface area (Å²) in [7, 11) is 0. The maximum Gasteiger partial charge on any atom is 0.277 e. The summed E-state index contributed by atoms with van der Waals surface area (Å²) in [5, 5.41) is 9.49. The van der Waals surface area contributed by atoms with Crippen LogP contribution in [-0.2, 0) is 0 Å². The fourth-order valence-corrected chi connectivity index (χ4v) is 4.32. The third-order valence-corrected chi connectivity index (χ3v) is 5.94. The summed E-state index contributed by atoms with van der Waals surface area (Å²) in [4.78, 5) is 3.19. The van der Waals surface area contributed by atoms with E-state index in [0.29, 0.717) is 11.1 Å². The number of rotatable bonds is 5. The van der Waals surface area contributed by atoms with Crippen LogP contribution in [0.1, 0.15) is 16.4 Å². The molecule has 0 aliphatic rings. The molecule has 2 heterocycles. The highest BCUT2D eigenvalue weighted by atomic mass is 32.2. The summed E-state index contributed by atoms with van der Waals surface area (Å²) in [6, 6.07) is 20.3. The zero-order chi connectivity index (χ0) is 20.5. The van der Waals surface area contributed by atoms with E-state index in [4.69, 9.17) is 4.42 Å². The van der Waals surface area contributed by atoms with Gasteiger partial charge in [-0.25, -0.2) is 8.78 Å². The van der Waals surface area contributed by atoms with Crippen LogP contribution >= 0.6 is 11.8 Å². The minimum absolute atomic E-state index is 0.262. The van der Waals surface area contributed by atoms with Crippen LogP contribution in [0.25, 0.3) is 22.4 Å². The molecule has 0 radical (unpaired) electrons. The second-order valence-corrected chi connectivity index (χ2v) is 7.78. The van der Waals surface area contributed by atoms with Crippen molar-refractivity contribution in [1.29, 1.82) is 0 Å². The molecule has 0 saturated heterocycles. The van der Waals surface area contributed by atoms with Crippen LogP contribution in [0, 0.1) is 11.6 Å². The van der Waals surface area contributed by atoms with Gasteiger partial charge in [-0.05, 0) is 41.5 Å². The van der Waals surface area contributed by atoms with Gasteiger partial charge in [0.2, 0.25) is 0 Å². The van der Waals surface area contributed by atoms with Gasteiger partial charge in [-0.15, -0.1) is 10.2 Å². The van der Waals surface area contributed by atoms with Gasteiger partial charge < -0.3 is 9.40 Å². The van der Waals surface area contributed by atoms with Crippen LogP contribution in [0.3, 0.4) is 0 Å². The Labute approximate surface area is 175 Å². The number of para-hydroxylation sites is 1. The van der Waals surface area contributed by atoms with Crippen molar-refractivity contribution in [3.8, 4) is 11.5 Å². The molecular weight excluding hydrogens is 404 g/mol. The first-order valence-electron chi connectivity index (χ1n) is 9.25. The van der Waals surface area contributed by atoms with Gasteiger partial charge in [0.15, 0.2) is 0 Å². The molecule has 0 spiro atoms. The van der Waals surface area contributed by atoms with Gasteiger partial charge in [-0.1, -0.05) is 54.2 Å². The minimum atomic E-state index is -0.319. The van der Waals surface area contributed by atoms with Crippen molar-refractivity contribution in [2.45, 2.75) is 10.5 Å². The maximum atomic E-state index is 13.4. The number of thioether (sulfide) groups is 1. The zero-order valence-corrected chi connectivity index (χ0v) is 16.4. The predicted molar refractivity (Wildman–Crippen MR) is 112 cm³/mol. The van der Waals surface area contributed by atoms with Gasteiger partial charge in [0.1, 0.15) is 11.6 Å². The zero-order valence-electron chi connectivity index (χ0n) is 15.5. The second-order valence-electron chi connectivity index (χ2n) is 6.72. The Morgan fingerprint density at radius 2 is 1.43 bits per heavy atom. The number of aromatic amines is 1. The fraction of sp³-hybridized carbons (Fsp3) is 0.0435. The van der Waals surface area contributed by atoms with Crippen LogP contribution < -0.4 is 0 Å². The van der Waals surface area contributed by atoms with E-state index in [9.17, 15) is 8.78 Å². The van der Waals surface area contributed by atoms with Crippen molar-refractivity contribution in [2.75, 3.05) is 0 Å². The van der Waals surface area contributed by atoms with E-state index in [2.05, 4.69) is 15.2 Å². The average molecular weight is 419 g/mol. The molecule has 0 fully saturated rings. The molecule has 0 saturated carbocycles. The molecule has 1 N–H and O–H groups in total. The highest BCUT2D eigenvalue weighted by Gasteiger charge is 2.21. The third kappa shape index (κ3) is 3.59. The SMILES string of the molecule is Fc1ccc(C(Sc2nnc(-c3c[nH]c4ccccc34)o2)c2ccc(F)cc2)cc1. The molecule has 30 heavy (non-hydrogen) atoms. The van der Waals surface area contributed by atoms with Crippen LogP contribution in [0.2, 0.25) is 0 Å². The number of hydrogen-bond acceptors (Lipinski definition) is 4. The molecule has 148 valence electrons. The summed E-state index contributed by atoms with van der Waals surface area (Å²) in [5.74, 6) is -0.228. The molecule has 2 aromatic heterocycles. The minimum Gasteiger partial charge on any atom is -0.411 e. The summed E-state index contributed by atoms with van der Waals surface area (Å²) in [6.45, 7) is 0. The lowest BCUT2D eigenvalue weighted by Gasteiger charge is -2.15. The van der Waals surface area contributed by atoms with Gasteiger partial charge in [0.05, 0.1) is 10.8 Å². The number of benzene rings is 3. The highest BCUT2D eigenvalue weighted by molar-refractivity contribution is 7.99. The molecule has 3 aromatic carbocycles. The molecule has 0 atom stereocenters. The van der Waals surface area contributed by atoms with E-state index >= 15 is 0 Å². The fourth-order valence-electron chi connectivity index (χ4n) is 3.32. The lowest BCUT2D eigenvalue weighted by atomic mass is 10.0. The van der Waals surface area contributed by atoms with Gasteiger partial charge in [-0.3, -0.25) is 0 Å². The van der Waals surface area contributed by atoms with Crippen molar-refractivity contribution in [1.82, 2.24) is 15.2 Å². The number of hydrogen-bond donors (Lipinski definition) is 1. The molecule has 7 heteroatoms. The van der Waals surface area contributed by atoms with Crippen molar-refractivity contribution in [2.24, 2.45) is 0 Å². The highest BCUT2D eigenvalue weighted by Crippen LogP contribution is 2.41. The molecule has 0 aliphatic carbocycles.